The van der Waals surface area contributed by atoms with Gasteiger partial charge < -0.3 is 10.4 Å². The third-order valence-corrected chi connectivity index (χ3v) is 3.30. The molecule has 0 saturated heterocycles. The van der Waals surface area contributed by atoms with Crippen LogP contribution in [0.15, 0.2) is 12.3 Å². The fourth-order valence-electron chi connectivity index (χ4n) is 2.18. The van der Waals surface area contributed by atoms with E-state index in [0.29, 0.717) is 12.8 Å². The van der Waals surface area contributed by atoms with Crippen LogP contribution in [0.5, 0.6) is 0 Å². The molecular weight excluding hydrogens is 258 g/mol. The largest absolute Gasteiger partial charge is 0.371 e. The van der Waals surface area contributed by atoms with Gasteiger partial charge in [-0.15, -0.1) is 0 Å². The number of aromatic nitrogens is 1. The summed E-state index contributed by atoms with van der Waals surface area (Å²) in [6.45, 7) is 0. The summed E-state index contributed by atoms with van der Waals surface area (Å²) in [5.74, 6) is 0. The van der Waals surface area contributed by atoms with E-state index in [2.05, 4.69) is 10.3 Å². The Labute approximate surface area is 109 Å². The zero-order valence-corrected chi connectivity index (χ0v) is 10.5. The Morgan fingerprint density at radius 3 is 2.72 bits per heavy atom. The molecule has 0 amide bonds. The first-order valence-corrected chi connectivity index (χ1v) is 6.18. The second-order valence-corrected chi connectivity index (χ2v) is 4.89. The quantitative estimate of drug-likeness (QED) is 0.382. The van der Waals surface area contributed by atoms with Gasteiger partial charge in [-0.1, -0.05) is 18.0 Å². The van der Waals surface area contributed by atoms with Gasteiger partial charge in [-0.05, 0) is 25.7 Å². The van der Waals surface area contributed by atoms with Gasteiger partial charge in [0.1, 0.15) is 22.8 Å². The van der Waals surface area contributed by atoms with Crippen LogP contribution in [0.2, 0.25) is 5.15 Å². The molecule has 6 nitrogen and oxygen atoms in total. The van der Waals surface area contributed by atoms with E-state index in [9.17, 15) is 15.2 Å². The number of nitrogens with zero attached hydrogens (tertiary/aromatic N) is 2. The van der Waals surface area contributed by atoms with Crippen molar-refractivity contribution in [2.45, 2.75) is 37.8 Å². The lowest BCUT2D eigenvalue weighted by atomic mass is 9.91. The Morgan fingerprint density at radius 2 is 2.11 bits per heavy atom. The smallest absolute Gasteiger partial charge is 0.310 e. The third kappa shape index (κ3) is 2.88. The van der Waals surface area contributed by atoms with Gasteiger partial charge in [0.2, 0.25) is 0 Å². The molecule has 1 aromatic heterocycles. The first-order chi connectivity index (χ1) is 8.50. The predicted octanol–water partition coefficient (Wildman–Crippen LogP) is 2.71. The molecule has 0 bridgehead atoms. The molecule has 0 aliphatic heterocycles. The minimum absolute atomic E-state index is 0.155. The van der Waals surface area contributed by atoms with E-state index in [1.165, 1.54) is 6.07 Å². The van der Waals surface area contributed by atoms with Crippen LogP contribution in [-0.4, -0.2) is 20.7 Å². The zero-order chi connectivity index (χ0) is 13.2. The number of aliphatic hydroxyl groups is 1. The van der Waals surface area contributed by atoms with Crippen molar-refractivity contribution in [3.05, 3.63) is 27.5 Å². The Balaban J connectivity index is 2.26. The van der Waals surface area contributed by atoms with Crippen LogP contribution in [0.1, 0.15) is 32.1 Å². The summed E-state index contributed by atoms with van der Waals surface area (Å²) in [7, 11) is 0. The van der Waals surface area contributed by atoms with E-state index in [0.717, 1.165) is 25.5 Å². The van der Waals surface area contributed by atoms with Gasteiger partial charge in [0.05, 0.1) is 4.92 Å². The standard InChI is InChI=1S/C11H14ClN3O3/c12-10-6-8(9(7-13-10)15(17)18)14-11(16)4-2-1-3-5-11/h6-7,16H,1-5H2,(H,13,14). The first-order valence-electron chi connectivity index (χ1n) is 5.81. The molecule has 1 heterocycles. The lowest BCUT2D eigenvalue weighted by Gasteiger charge is -2.33. The number of nitrogens with one attached hydrogen (secondary N) is 1. The minimum Gasteiger partial charge on any atom is -0.371 e. The van der Waals surface area contributed by atoms with E-state index < -0.39 is 10.6 Å². The number of hydrogen-bond acceptors (Lipinski definition) is 5. The maximum absolute atomic E-state index is 10.9. The molecule has 0 radical (unpaired) electrons. The van der Waals surface area contributed by atoms with E-state index in [4.69, 9.17) is 11.6 Å². The summed E-state index contributed by atoms with van der Waals surface area (Å²) in [5.41, 5.74) is -1.06. The monoisotopic (exact) mass is 271 g/mol. The summed E-state index contributed by atoms with van der Waals surface area (Å²) in [6, 6.07) is 1.37. The molecule has 18 heavy (non-hydrogen) atoms. The maximum atomic E-state index is 10.9. The molecule has 0 atom stereocenters. The van der Waals surface area contributed by atoms with Crippen molar-refractivity contribution in [1.82, 2.24) is 4.98 Å². The normalized spacial score (nSPS) is 18.3. The minimum atomic E-state index is -1.09. The Bertz CT molecular complexity index is 461. The fourth-order valence-corrected chi connectivity index (χ4v) is 2.34. The third-order valence-electron chi connectivity index (χ3n) is 3.09. The topological polar surface area (TPSA) is 88.3 Å². The van der Waals surface area contributed by atoms with E-state index in [-0.39, 0.29) is 16.5 Å². The molecule has 1 aromatic rings. The van der Waals surface area contributed by atoms with Crippen LogP contribution in [0, 0.1) is 10.1 Å². The molecule has 1 saturated carbocycles. The van der Waals surface area contributed by atoms with E-state index in [1.807, 2.05) is 0 Å². The maximum Gasteiger partial charge on any atom is 0.310 e. The summed E-state index contributed by atoms with van der Waals surface area (Å²) < 4.78 is 0. The molecule has 0 aromatic carbocycles. The van der Waals surface area contributed by atoms with Gasteiger partial charge in [-0.25, -0.2) is 4.98 Å². The second-order valence-electron chi connectivity index (χ2n) is 4.50. The number of anilines is 1. The van der Waals surface area contributed by atoms with Crippen LogP contribution in [0.4, 0.5) is 11.4 Å². The number of hydrogen-bond donors (Lipinski definition) is 2. The average Bonchev–Trinajstić information content (AvgIpc) is 2.28. The van der Waals surface area contributed by atoms with Gasteiger partial charge in [0.15, 0.2) is 0 Å². The molecule has 0 spiro atoms. The van der Waals surface area contributed by atoms with E-state index >= 15 is 0 Å². The number of nitro groups is 1. The fraction of sp³-hybridized carbons (Fsp3) is 0.545. The molecule has 7 heteroatoms. The van der Waals surface area contributed by atoms with Gasteiger partial charge in [-0.2, -0.15) is 0 Å². The molecule has 1 aliphatic rings. The molecule has 98 valence electrons. The highest BCUT2D eigenvalue weighted by Gasteiger charge is 2.31. The zero-order valence-electron chi connectivity index (χ0n) is 9.73. The summed E-state index contributed by atoms with van der Waals surface area (Å²) >= 11 is 5.73. The van der Waals surface area contributed by atoms with Gasteiger partial charge in [0, 0.05) is 6.07 Å². The van der Waals surface area contributed by atoms with Crippen LogP contribution < -0.4 is 5.32 Å². The number of halogens is 1. The van der Waals surface area contributed by atoms with Crippen molar-refractivity contribution < 1.29 is 10.0 Å². The van der Waals surface area contributed by atoms with Crippen molar-refractivity contribution >= 4 is 23.0 Å². The first kappa shape index (κ1) is 13.0. The Hall–Kier alpha value is -1.40. The van der Waals surface area contributed by atoms with E-state index in [1.54, 1.807) is 0 Å². The highest BCUT2D eigenvalue weighted by molar-refractivity contribution is 6.29. The lowest BCUT2D eigenvalue weighted by molar-refractivity contribution is -0.384. The Morgan fingerprint density at radius 1 is 1.44 bits per heavy atom. The lowest BCUT2D eigenvalue weighted by Crippen LogP contribution is -2.40. The molecule has 1 fully saturated rings. The number of pyridine rings is 1. The van der Waals surface area contributed by atoms with Gasteiger partial charge in [0.25, 0.3) is 0 Å². The van der Waals surface area contributed by atoms with Crippen LogP contribution in [0.3, 0.4) is 0 Å². The molecule has 2 rings (SSSR count). The molecule has 1 aliphatic carbocycles. The van der Waals surface area contributed by atoms with Crippen LogP contribution in [0.25, 0.3) is 0 Å². The van der Waals surface area contributed by atoms with Crippen molar-refractivity contribution in [2.75, 3.05) is 5.32 Å². The van der Waals surface area contributed by atoms with Crippen LogP contribution in [-0.2, 0) is 0 Å². The molecule has 0 unspecified atom stereocenters. The van der Waals surface area contributed by atoms with Crippen molar-refractivity contribution in [3.63, 3.8) is 0 Å². The highest BCUT2D eigenvalue weighted by Crippen LogP contribution is 2.33. The molecule has 2 N–H and O–H groups in total. The highest BCUT2D eigenvalue weighted by atomic mass is 35.5. The van der Waals surface area contributed by atoms with Crippen molar-refractivity contribution in [2.24, 2.45) is 0 Å². The van der Waals surface area contributed by atoms with Crippen LogP contribution >= 0.6 is 11.6 Å². The molecular formula is C11H14ClN3O3. The summed E-state index contributed by atoms with van der Waals surface area (Å²) in [4.78, 5) is 14.0. The van der Waals surface area contributed by atoms with Gasteiger partial charge >= 0.3 is 5.69 Å². The average molecular weight is 272 g/mol. The Kier molecular flexibility index (Phi) is 3.68. The summed E-state index contributed by atoms with van der Waals surface area (Å²) in [5, 5.41) is 24.2. The van der Waals surface area contributed by atoms with Crippen molar-refractivity contribution in [3.8, 4) is 0 Å². The van der Waals surface area contributed by atoms with Crippen molar-refractivity contribution in [1.29, 1.82) is 0 Å². The summed E-state index contributed by atoms with van der Waals surface area (Å²) in [6.07, 6.45) is 5.11. The number of rotatable bonds is 3. The predicted molar refractivity (Wildman–Crippen MR) is 67.6 cm³/mol. The second kappa shape index (κ2) is 5.07. The van der Waals surface area contributed by atoms with Gasteiger partial charge in [-0.3, -0.25) is 10.1 Å². The SMILES string of the molecule is O=[N+]([O-])c1cnc(Cl)cc1NC1(O)CCCCC1.